The van der Waals surface area contributed by atoms with E-state index in [4.69, 9.17) is 4.74 Å². The van der Waals surface area contributed by atoms with Crippen LogP contribution in [-0.4, -0.2) is 40.8 Å². The van der Waals surface area contributed by atoms with E-state index in [-0.39, 0.29) is 0 Å². The predicted molar refractivity (Wildman–Crippen MR) is 97.0 cm³/mol. The standard InChI is InChI=1S/C16H19N5O.C2H6/c1-11-5-7-12(8-6-11)9-13-14(22-4)19-16-17-10-18-21(16)15(13)20(2)3;1-2/h5-8,10H,9H2,1-4H3;1-2H3. The zero-order valence-corrected chi connectivity index (χ0v) is 15.2. The van der Waals surface area contributed by atoms with Crippen LogP contribution in [0.15, 0.2) is 30.6 Å². The Kier molecular flexibility index (Phi) is 5.73. The summed E-state index contributed by atoms with van der Waals surface area (Å²) in [5, 5.41) is 4.28. The zero-order valence-electron chi connectivity index (χ0n) is 15.2. The molecule has 0 saturated carbocycles. The van der Waals surface area contributed by atoms with Gasteiger partial charge in [0, 0.05) is 20.5 Å². The number of hydrogen-bond donors (Lipinski definition) is 0. The first-order valence-corrected chi connectivity index (χ1v) is 8.09. The highest BCUT2D eigenvalue weighted by Crippen LogP contribution is 2.29. The molecule has 0 amide bonds. The fourth-order valence-corrected chi connectivity index (χ4v) is 2.54. The molecule has 128 valence electrons. The molecule has 0 saturated heterocycles. The molecule has 1 aromatic carbocycles. The van der Waals surface area contributed by atoms with E-state index in [0.717, 1.165) is 17.8 Å². The van der Waals surface area contributed by atoms with Crippen LogP contribution in [0.3, 0.4) is 0 Å². The molecule has 0 bridgehead atoms. The molecule has 0 aliphatic rings. The van der Waals surface area contributed by atoms with Gasteiger partial charge in [-0.05, 0) is 12.5 Å². The van der Waals surface area contributed by atoms with Gasteiger partial charge in [-0.15, -0.1) is 0 Å². The van der Waals surface area contributed by atoms with Crippen molar-refractivity contribution in [2.45, 2.75) is 27.2 Å². The van der Waals surface area contributed by atoms with Crippen molar-refractivity contribution in [2.75, 3.05) is 26.1 Å². The lowest BCUT2D eigenvalue weighted by atomic mass is 10.0. The van der Waals surface area contributed by atoms with Gasteiger partial charge in [0.25, 0.3) is 5.78 Å². The Morgan fingerprint density at radius 2 is 1.79 bits per heavy atom. The highest BCUT2D eigenvalue weighted by molar-refractivity contribution is 5.57. The minimum Gasteiger partial charge on any atom is -0.481 e. The molecule has 0 unspecified atom stereocenters. The number of methoxy groups -OCH3 is 1. The molecule has 0 fully saturated rings. The van der Waals surface area contributed by atoms with Crippen LogP contribution in [0.2, 0.25) is 0 Å². The lowest BCUT2D eigenvalue weighted by molar-refractivity contribution is 0.393. The number of nitrogens with zero attached hydrogens (tertiary/aromatic N) is 5. The molecule has 2 heterocycles. The summed E-state index contributed by atoms with van der Waals surface area (Å²) in [5.41, 5.74) is 3.44. The number of ether oxygens (including phenoxy) is 1. The van der Waals surface area contributed by atoms with E-state index in [1.165, 1.54) is 17.5 Å². The number of aromatic nitrogens is 4. The van der Waals surface area contributed by atoms with E-state index < -0.39 is 0 Å². The van der Waals surface area contributed by atoms with Crippen LogP contribution in [0.1, 0.15) is 30.5 Å². The molecule has 0 atom stereocenters. The van der Waals surface area contributed by atoms with Crippen LogP contribution in [0.4, 0.5) is 5.82 Å². The molecule has 0 aliphatic heterocycles. The van der Waals surface area contributed by atoms with Crippen LogP contribution < -0.4 is 9.64 Å². The predicted octanol–water partition coefficient (Wildman–Crippen LogP) is 3.12. The summed E-state index contributed by atoms with van der Waals surface area (Å²) in [6.07, 6.45) is 2.23. The fraction of sp³-hybridized carbons (Fsp3) is 0.389. The van der Waals surface area contributed by atoms with Crippen LogP contribution in [0, 0.1) is 6.92 Å². The molecule has 0 aliphatic carbocycles. The normalized spacial score (nSPS) is 10.2. The van der Waals surface area contributed by atoms with Crippen molar-refractivity contribution in [1.29, 1.82) is 0 Å². The van der Waals surface area contributed by atoms with Crippen molar-refractivity contribution in [3.63, 3.8) is 0 Å². The topological polar surface area (TPSA) is 55.6 Å². The Hall–Kier alpha value is -2.63. The lowest BCUT2D eigenvalue weighted by Gasteiger charge is -2.20. The average molecular weight is 327 g/mol. The van der Waals surface area contributed by atoms with Gasteiger partial charge < -0.3 is 9.64 Å². The Balaban J connectivity index is 0.00000100. The summed E-state index contributed by atoms with van der Waals surface area (Å²) in [4.78, 5) is 10.6. The summed E-state index contributed by atoms with van der Waals surface area (Å²) < 4.78 is 7.23. The van der Waals surface area contributed by atoms with Gasteiger partial charge in [-0.3, -0.25) is 0 Å². The third kappa shape index (κ3) is 3.48. The molecule has 6 heteroatoms. The number of benzene rings is 1. The van der Waals surface area contributed by atoms with Crippen molar-refractivity contribution in [3.05, 3.63) is 47.3 Å². The van der Waals surface area contributed by atoms with Crippen molar-refractivity contribution in [1.82, 2.24) is 19.6 Å². The Bertz CT molecular complexity index is 793. The summed E-state index contributed by atoms with van der Waals surface area (Å²) in [6, 6.07) is 8.47. The first-order valence-electron chi connectivity index (χ1n) is 8.09. The molecular weight excluding hydrogens is 302 g/mol. The van der Waals surface area contributed by atoms with Crippen LogP contribution >= 0.6 is 0 Å². The number of anilines is 1. The number of aryl methyl sites for hydroxylation is 1. The fourth-order valence-electron chi connectivity index (χ4n) is 2.54. The van der Waals surface area contributed by atoms with Gasteiger partial charge >= 0.3 is 0 Å². The summed E-state index contributed by atoms with van der Waals surface area (Å²) in [7, 11) is 5.59. The Morgan fingerprint density at radius 1 is 1.12 bits per heavy atom. The second-order valence-electron chi connectivity index (χ2n) is 5.45. The van der Waals surface area contributed by atoms with Crippen molar-refractivity contribution >= 4 is 11.6 Å². The maximum Gasteiger partial charge on any atom is 0.257 e. The van der Waals surface area contributed by atoms with Crippen LogP contribution in [0.5, 0.6) is 5.88 Å². The van der Waals surface area contributed by atoms with Gasteiger partial charge in [0.05, 0.1) is 12.7 Å². The van der Waals surface area contributed by atoms with E-state index in [1.54, 1.807) is 11.6 Å². The molecule has 24 heavy (non-hydrogen) atoms. The van der Waals surface area contributed by atoms with Gasteiger partial charge in [0.1, 0.15) is 12.1 Å². The highest BCUT2D eigenvalue weighted by Gasteiger charge is 2.19. The first-order chi connectivity index (χ1) is 11.6. The molecule has 0 N–H and O–H groups in total. The molecule has 3 rings (SSSR count). The van der Waals surface area contributed by atoms with E-state index in [1.807, 2.05) is 32.8 Å². The van der Waals surface area contributed by atoms with Gasteiger partial charge in [0.15, 0.2) is 0 Å². The molecule has 0 radical (unpaired) electrons. The van der Waals surface area contributed by atoms with Gasteiger partial charge in [-0.1, -0.05) is 43.7 Å². The molecular formula is C18H25N5O. The number of fused-ring (bicyclic) bond motifs is 1. The zero-order chi connectivity index (χ0) is 17.7. The average Bonchev–Trinajstić information content (AvgIpc) is 3.05. The third-order valence-electron chi connectivity index (χ3n) is 3.58. The summed E-state index contributed by atoms with van der Waals surface area (Å²) in [6.45, 7) is 6.08. The van der Waals surface area contributed by atoms with Crippen molar-refractivity contribution in [3.8, 4) is 5.88 Å². The van der Waals surface area contributed by atoms with Crippen molar-refractivity contribution < 1.29 is 4.74 Å². The third-order valence-corrected chi connectivity index (χ3v) is 3.58. The Labute approximate surface area is 143 Å². The van der Waals surface area contributed by atoms with E-state index in [0.29, 0.717) is 11.7 Å². The monoisotopic (exact) mass is 327 g/mol. The van der Waals surface area contributed by atoms with Gasteiger partial charge in [0.2, 0.25) is 5.88 Å². The minimum atomic E-state index is 0.535. The van der Waals surface area contributed by atoms with E-state index >= 15 is 0 Å². The second-order valence-corrected chi connectivity index (χ2v) is 5.45. The lowest BCUT2D eigenvalue weighted by Crippen LogP contribution is -2.18. The maximum absolute atomic E-state index is 5.49. The molecule has 6 nitrogen and oxygen atoms in total. The van der Waals surface area contributed by atoms with Crippen LogP contribution in [0.25, 0.3) is 5.78 Å². The quantitative estimate of drug-likeness (QED) is 0.737. The first kappa shape index (κ1) is 17.7. The molecule has 0 spiro atoms. The van der Waals surface area contributed by atoms with Crippen molar-refractivity contribution in [2.24, 2.45) is 0 Å². The molecule has 3 aromatic rings. The maximum atomic E-state index is 5.49. The minimum absolute atomic E-state index is 0.535. The SMILES string of the molecule is CC.COc1nc2ncnn2c(N(C)C)c1Cc1ccc(C)cc1. The summed E-state index contributed by atoms with van der Waals surface area (Å²) >= 11 is 0. The van der Waals surface area contributed by atoms with E-state index in [9.17, 15) is 0 Å². The van der Waals surface area contributed by atoms with Gasteiger partial charge in [-0.2, -0.15) is 19.6 Å². The van der Waals surface area contributed by atoms with Gasteiger partial charge in [-0.25, -0.2) is 0 Å². The number of hydrogen-bond acceptors (Lipinski definition) is 5. The molecule has 2 aromatic heterocycles. The highest BCUT2D eigenvalue weighted by atomic mass is 16.5. The summed E-state index contributed by atoms with van der Waals surface area (Å²) in [5.74, 6) is 2.05. The number of rotatable bonds is 4. The smallest absolute Gasteiger partial charge is 0.257 e. The Morgan fingerprint density at radius 3 is 2.38 bits per heavy atom. The van der Waals surface area contributed by atoms with E-state index in [2.05, 4.69) is 46.3 Å². The second kappa shape index (κ2) is 7.77. The largest absolute Gasteiger partial charge is 0.481 e. The van der Waals surface area contributed by atoms with Crippen LogP contribution in [-0.2, 0) is 6.42 Å².